The van der Waals surface area contributed by atoms with Crippen LogP contribution in [0.2, 0.25) is 0 Å². The fraction of sp³-hybridized carbons (Fsp3) is 0.462. The van der Waals surface area contributed by atoms with Gasteiger partial charge < -0.3 is 40.6 Å². The Kier molecular flexibility index (Phi) is 9.93. The first-order valence-electron chi connectivity index (χ1n) is 14.7. The molecular weight excluding hydrogens is 636 g/mol. The van der Waals surface area contributed by atoms with E-state index in [0.29, 0.717) is 0 Å². The molecule has 0 saturated carbocycles. The number of hydrogen-bond donors (Lipinski definition) is 6. The van der Waals surface area contributed by atoms with Crippen LogP contribution >= 0.6 is 0 Å². The van der Waals surface area contributed by atoms with Crippen molar-refractivity contribution in [2.45, 2.75) is 13.1 Å². The number of carbonyl (C=O) groups is 4. The maximum atomic E-state index is 13.5. The van der Waals surface area contributed by atoms with E-state index in [1.54, 1.807) is 9.80 Å². The lowest BCUT2D eigenvalue weighted by Gasteiger charge is -2.33. The molecule has 22 heteroatoms. The zero-order valence-corrected chi connectivity index (χ0v) is 25.6. The van der Waals surface area contributed by atoms with Crippen molar-refractivity contribution in [3.63, 3.8) is 0 Å². The monoisotopic (exact) mass is 670 g/mol. The van der Waals surface area contributed by atoms with Gasteiger partial charge in [0.15, 0.2) is 22.3 Å². The highest BCUT2D eigenvalue weighted by Crippen LogP contribution is 2.10. The molecule has 4 aromatic heterocycles. The maximum Gasteiger partial charge on any atom is 0.317 e. The number of nitrogens with zero attached hydrogens (tertiary/aromatic N) is 10. The molecule has 8 N–H and O–H groups in total. The van der Waals surface area contributed by atoms with E-state index in [9.17, 15) is 39.0 Å². The van der Waals surface area contributed by atoms with Crippen molar-refractivity contribution in [2.24, 2.45) is 0 Å². The second-order valence-electron chi connectivity index (χ2n) is 11.1. The SMILES string of the molecule is Nc1nc2c(ncn2CC(=O)N2CCN(CC(=O)O)CCN(C(=O)Cn3cnc4c(=O)[nH]c(N)nc43)CCN(CC(=O)O)CC2)c(=O)[nH]1. The number of carboxylic acid groups (broad SMARTS) is 2. The lowest BCUT2D eigenvalue weighted by Crippen LogP contribution is -2.50. The minimum absolute atomic E-state index is 0.000313. The summed E-state index contributed by atoms with van der Waals surface area (Å²) in [5.41, 5.74) is 10.4. The number of aromatic amines is 2. The van der Waals surface area contributed by atoms with E-state index in [2.05, 4.69) is 29.9 Å². The fourth-order valence-corrected chi connectivity index (χ4v) is 5.36. The molecule has 1 fully saturated rings. The summed E-state index contributed by atoms with van der Waals surface area (Å²) in [6, 6.07) is 0. The highest BCUT2D eigenvalue weighted by Gasteiger charge is 2.24. The molecule has 1 aliphatic heterocycles. The van der Waals surface area contributed by atoms with E-state index < -0.39 is 34.9 Å². The van der Waals surface area contributed by atoms with Gasteiger partial charge in [0.1, 0.15) is 13.1 Å². The van der Waals surface area contributed by atoms with Crippen LogP contribution in [0.25, 0.3) is 22.3 Å². The zero-order valence-electron chi connectivity index (χ0n) is 25.6. The van der Waals surface area contributed by atoms with Crippen molar-refractivity contribution in [3.05, 3.63) is 33.4 Å². The molecule has 0 bridgehead atoms. The molecule has 256 valence electrons. The topological polar surface area (TPSA) is 301 Å². The highest BCUT2D eigenvalue weighted by atomic mass is 16.4. The Hall–Kier alpha value is -5.90. The van der Waals surface area contributed by atoms with Gasteiger partial charge in [0.05, 0.1) is 25.7 Å². The standard InChI is InChI=1S/C26H34N14O8/c27-25-31-21-19(23(47)33-25)29-13-39(21)9-15(41)37-5-1-35(11-17(43)44)2-6-38(8-4-36(3-7-37)12-18(45)46)16(42)10-40-14-30-20-22(40)32-26(28)34-24(20)48/h13-14H,1-12H2,(H,43,44)(H,45,46)(H3,27,31,33,47)(H3,28,32,34,48). The summed E-state index contributed by atoms with van der Waals surface area (Å²) in [7, 11) is 0. The molecule has 4 aromatic rings. The Labute approximate surface area is 269 Å². The predicted octanol–water partition coefficient (Wildman–Crippen LogP) is -4.14. The summed E-state index contributed by atoms with van der Waals surface area (Å²) in [5, 5.41) is 19.2. The Morgan fingerprint density at radius 2 is 0.979 bits per heavy atom. The number of anilines is 2. The van der Waals surface area contributed by atoms with E-state index in [1.165, 1.54) is 31.6 Å². The van der Waals surface area contributed by atoms with Gasteiger partial charge in [-0.25, -0.2) is 9.97 Å². The first-order chi connectivity index (χ1) is 22.9. The van der Waals surface area contributed by atoms with Crippen LogP contribution in [0, 0.1) is 0 Å². The first-order valence-corrected chi connectivity index (χ1v) is 14.7. The Morgan fingerprint density at radius 1 is 0.625 bits per heavy atom. The summed E-state index contributed by atoms with van der Waals surface area (Å²) >= 11 is 0. The molecule has 2 amide bonds. The lowest BCUT2D eigenvalue weighted by molar-refractivity contribution is -0.139. The summed E-state index contributed by atoms with van der Waals surface area (Å²) < 4.78 is 2.74. The molecule has 0 aromatic carbocycles. The van der Waals surface area contributed by atoms with Crippen LogP contribution in [0.5, 0.6) is 0 Å². The van der Waals surface area contributed by atoms with Crippen LogP contribution in [0.3, 0.4) is 0 Å². The van der Waals surface area contributed by atoms with Gasteiger partial charge >= 0.3 is 11.9 Å². The Bertz CT molecular complexity index is 1810. The number of hydrogen-bond acceptors (Lipinski definition) is 14. The third kappa shape index (κ3) is 7.90. The van der Waals surface area contributed by atoms with Crippen molar-refractivity contribution < 1.29 is 29.4 Å². The largest absolute Gasteiger partial charge is 0.480 e. The van der Waals surface area contributed by atoms with Gasteiger partial charge in [-0.1, -0.05) is 0 Å². The van der Waals surface area contributed by atoms with Crippen LogP contribution in [-0.4, -0.2) is 158 Å². The summed E-state index contributed by atoms with van der Waals surface area (Å²) in [6.45, 7) is -0.489. The third-order valence-electron chi connectivity index (χ3n) is 7.77. The molecule has 48 heavy (non-hydrogen) atoms. The number of nitrogens with one attached hydrogen (secondary N) is 2. The number of nitrogen functional groups attached to an aromatic ring is 2. The van der Waals surface area contributed by atoms with E-state index in [-0.39, 0.29) is 113 Å². The number of amides is 2. The average molecular weight is 671 g/mol. The van der Waals surface area contributed by atoms with Crippen molar-refractivity contribution in [3.8, 4) is 0 Å². The minimum Gasteiger partial charge on any atom is -0.480 e. The number of carbonyl (C=O) groups excluding carboxylic acids is 2. The molecule has 0 unspecified atom stereocenters. The summed E-state index contributed by atoms with van der Waals surface area (Å²) in [4.78, 5) is 102. The number of carboxylic acids is 2. The number of aromatic nitrogens is 8. The number of imidazole rings is 2. The molecule has 0 aliphatic carbocycles. The smallest absolute Gasteiger partial charge is 0.317 e. The van der Waals surface area contributed by atoms with Gasteiger partial charge in [-0.3, -0.25) is 48.5 Å². The lowest BCUT2D eigenvalue weighted by atomic mass is 10.3. The second-order valence-corrected chi connectivity index (χ2v) is 11.1. The van der Waals surface area contributed by atoms with E-state index in [0.717, 1.165) is 0 Å². The quantitative estimate of drug-likeness (QED) is 0.104. The average Bonchev–Trinajstić information content (AvgIpc) is 3.59. The van der Waals surface area contributed by atoms with Gasteiger partial charge in [-0.15, -0.1) is 0 Å². The maximum absolute atomic E-state index is 13.5. The summed E-state index contributed by atoms with van der Waals surface area (Å²) in [6.07, 6.45) is 2.57. The van der Waals surface area contributed by atoms with Gasteiger partial charge in [-0.2, -0.15) is 9.97 Å². The fourth-order valence-electron chi connectivity index (χ4n) is 5.36. The number of aliphatic carboxylic acids is 2. The molecule has 1 aliphatic rings. The van der Waals surface area contributed by atoms with Gasteiger partial charge in [0.25, 0.3) is 11.1 Å². The number of nitrogens with two attached hydrogens (primary N) is 2. The first kappa shape index (κ1) is 33.5. The third-order valence-corrected chi connectivity index (χ3v) is 7.77. The molecule has 22 nitrogen and oxygen atoms in total. The molecule has 0 radical (unpaired) electrons. The Balaban J connectivity index is 1.35. The minimum atomic E-state index is -1.11. The van der Waals surface area contributed by atoms with E-state index in [1.807, 2.05) is 0 Å². The Morgan fingerprint density at radius 3 is 1.31 bits per heavy atom. The molecule has 0 spiro atoms. The molecular formula is C26H34N14O8. The van der Waals surface area contributed by atoms with Gasteiger partial charge in [-0.05, 0) is 0 Å². The van der Waals surface area contributed by atoms with Crippen LogP contribution in [-0.2, 0) is 32.3 Å². The molecule has 1 saturated heterocycles. The van der Waals surface area contributed by atoms with Crippen LogP contribution in [0.4, 0.5) is 11.9 Å². The normalized spacial score (nSPS) is 15.8. The van der Waals surface area contributed by atoms with Crippen LogP contribution in [0.15, 0.2) is 22.2 Å². The van der Waals surface area contributed by atoms with Crippen LogP contribution in [0.1, 0.15) is 0 Å². The second kappa shape index (κ2) is 14.3. The van der Waals surface area contributed by atoms with Gasteiger partial charge in [0.2, 0.25) is 23.7 Å². The van der Waals surface area contributed by atoms with E-state index in [4.69, 9.17) is 11.5 Å². The number of H-pyrrole nitrogens is 2. The number of rotatable bonds is 8. The molecule has 0 atom stereocenters. The summed E-state index contributed by atoms with van der Waals surface area (Å²) in [5.74, 6) is -3.33. The van der Waals surface area contributed by atoms with Crippen LogP contribution < -0.4 is 22.6 Å². The van der Waals surface area contributed by atoms with E-state index >= 15 is 0 Å². The van der Waals surface area contributed by atoms with Crippen molar-refractivity contribution in [2.75, 3.05) is 76.9 Å². The molecule has 5 rings (SSSR count). The predicted molar refractivity (Wildman–Crippen MR) is 166 cm³/mol. The van der Waals surface area contributed by atoms with Crippen molar-refractivity contribution >= 4 is 58.0 Å². The van der Waals surface area contributed by atoms with Gasteiger partial charge in [0, 0.05) is 52.4 Å². The number of fused-ring (bicyclic) bond motifs is 2. The highest BCUT2D eigenvalue weighted by molar-refractivity contribution is 5.80. The van der Waals surface area contributed by atoms with Crippen molar-refractivity contribution in [1.82, 2.24) is 58.6 Å². The van der Waals surface area contributed by atoms with Crippen molar-refractivity contribution in [1.29, 1.82) is 0 Å². The zero-order chi connectivity index (χ0) is 34.5. The molecule has 5 heterocycles.